The molecule has 0 fully saturated rings. The molecule has 7 heteroatoms. The molecule has 0 saturated heterocycles. The first-order valence-corrected chi connectivity index (χ1v) is 11.9. The molecule has 2 rings (SSSR count). The molecule has 0 amide bonds. The van der Waals surface area contributed by atoms with E-state index >= 15 is 0 Å². The molecule has 0 bridgehead atoms. The summed E-state index contributed by atoms with van der Waals surface area (Å²) >= 11 is 0. The average molecular weight is 460 g/mol. The molecule has 0 N–H and O–H groups in total. The van der Waals surface area contributed by atoms with E-state index in [4.69, 9.17) is 19.5 Å². The van der Waals surface area contributed by atoms with E-state index < -0.39 is 29.6 Å². The van der Waals surface area contributed by atoms with Gasteiger partial charge >= 0.3 is 18.1 Å². The predicted molar refractivity (Wildman–Crippen MR) is 123 cm³/mol. The molecule has 0 spiro atoms. The summed E-state index contributed by atoms with van der Waals surface area (Å²) in [4.78, 5) is 37.6. The van der Waals surface area contributed by atoms with E-state index in [2.05, 4.69) is 19.1 Å². The Bertz CT molecular complexity index is 834. The van der Waals surface area contributed by atoms with Crippen molar-refractivity contribution in [3.05, 3.63) is 23.8 Å². The van der Waals surface area contributed by atoms with Gasteiger partial charge in [0.1, 0.15) is 6.10 Å². The number of fused-ring (bicyclic) bond motifs is 1. The smallest absolute Gasteiger partial charge is 0.461 e. The van der Waals surface area contributed by atoms with Crippen LogP contribution in [0.4, 0.5) is 4.79 Å². The topological polar surface area (TPSA) is 103 Å². The molecule has 0 aromatic rings. The van der Waals surface area contributed by atoms with Crippen molar-refractivity contribution < 1.29 is 28.6 Å². The van der Waals surface area contributed by atoms with Gasteiger partial charge in [0.2, 0.25) is 0 Å². The van der Waals surface area contributed by atoms with Gasteiger partial charge in [0.25, 0.3) is 0 Å². The Balaban J connectivity index is 2.30. The highest BCUT2D eigenvalue weighted by atomic mass is 16.7. The molecule has 5 atom stereocenters. The molecule has 0 aliphatic heterocycles. The number of ether oxygens (including phenoxy) is 3. The Hall–Kier alpha value is -2.62. The third-order valence-corrected chi connectivity index (χ3v) is 6.70. The number of carbonyl (C=O) groups excluding carboxylic acids is 3. The van der Waals surface area contributed by atoms with Crippen LogP contribution in [0.15, 0.2) is 23.8 Å². The van der Waals surface area contributed by atoms with E-state index in [1.165, 1.54) is 0 Å². The van der Waals surface area contributed by atoms with Crippen LogP contribution in [0.1, 0.15) is 67.2 Å². The summed E-state index contributed by atoms with van der Waals surface area (Å²) in [6.07, 6.45) is 6.17. The fourth-order valence-corrected chi connectivity index (χ4v) is 4.27. The van der Waals surface area contributed by atoms with Gasteiger partial charge in [-0.15, -0.1) is 0 Å². The van der Waals surface area contributed by atoms with Crippen molar-refractivity contribution in [3.63, 3.8) is 0 Å². The molecule has 0 saturated carbocycles. The molecule has 7 nitrogen and oxygen atoms in total. The Morgan fingerprint density at radius 2 is 1.97 bits per heavy atom. The minimum Gasteiger partial charge on any atom is -0.461 e. The lowest BCUT2D eigenvalue weighted by Crippen LogP contribution is -2.44. The third kappa shape index (κ3) is 6.93. The van der Waals surface area contributed by atoms with Gasteiger partial charge in [-0.25, -0.2) is 4.79 Å². The summed E-state index contributed by atoms with van der Waals surface area (Å²) in [7, 11) is 0. The first-order chi connectivity index (χ1) is 15.5. The zero-order chi connectivity index (χ0) is 24.8. The molecule has 2 aliphatic carbocycles. The molecule has 0 unspecified atom stereocenters. The van der Waals surface area contributed by atoms with Gasteiger partial charge in [0.05, 0.1) is 24.0 Å². The van der Waals surface area contributed by atoms with Crippen LogP contribution in [-0.4, -0.2) is 30.8 Å². The van der Waals surface area contributed by atoms with Gasteiger partial charge in [-0.05, 0) is 50.0 Å². The van der Waals surface area contributed by atoms with E-state index in [1.807, 2.05) is 40.7 Å². The first-order valence-electron chi connectivity index (χ1n) is 11.9. The minimum atomic E-state index is -1.02. The zero-order valence-corrected chi connectivity index (χ0v) is 20.6. The molecular weight excluding hydrogens is 422 g/mol. The summed E-state index contributed by atoms with van der Waals surface area (Å²) in [6, 6.07) is 2.21. The van der Waals surface area contributed by atoms with Crippen molar-refractivity contribution in [2.45, 2.75) is 73.3 Å². The second kappa shape index (κ2) is 11.5. The van der Waals surface area contributed by atoms with Gasteiger partial charge in [-0.1, -0.05) is 45.9 Å². The van der Waals surface area contributed by atoms with Gasteiger partial charge in [0.15, 0.2) is 0 Å². The number of nitrogens with zero attached hydrogens (tertiary/aromatic N) is 1. The number of hydrogen-bond acceptors (Lipinski definition) is 7. The van der Waals surface area contributed by atoms with Crippen LogP contribution >= 0.6 is 0 Å². The highest BCUT2D eigenvalue weighted by Gasteiger charge is 2.45. The quantitative estimate of drug-likeness (QED) is 0.356. The Morgan fingerprint density at radius 3 is 2.58 bits per heavy atom. The molecule has 0 heterocycles. The number of hydrogen-bond donors (Lipinski definition) is 0. The number of nitriles is 1. The lowest BCUT2D eigenvalue weighted by molar-refractivity contribution is -0.166. The first kappa shape index (κ1) is 26.6. The van der Waals surface area contributed by atoms with Crippen LogP contribution in [-0.2, 0) is 23.8 Å². The van der Waals surface area contributed by atoms with Crippen LogP contribution < -0.4 is 0 Å². The molecule has 0 radical (unpaired) electrons. The fraction of sp³-hybridized carbons (Fsp3) is 0.692. The number of allylic oxidation sites excluding steroid dienone is 2. The van der Waals surface area contributed by atoms with Crippen molar-refractivity contribution in [1.82, 2.24) is 0 Å². The third-order valence-electron chi connectivity index (χ3n) is 6.70. The van der Waals surface area contributed by atoms with E-state index in [-0.39, 0.29) is 42.7 Å². The Labute approximate surface area is 197 Å². The zero-order valence-electron chi connectivity index (χ0n) is 20.6. The molecule has 2 aliphatic rings. The van der Waals surface area contributed by atoms with E-state index in [1.54, 1.807) is 6.08 Å². The number of carbonyl (C=O) groups is 3. The second-order valence-electron chi connectivity index (χ2n) is 10.2. The maximum Gasteiger partial charge on any atom is 0.516 e. The molecule has 33 heavy (non-hydrogen) atoms. The summed E-state index contributed by atoms with van der Waals surface area (Å²) < 4.78 is 15.9. The predicted octanol–water partition coefficient (Wildman–Crippen LogP) is 5.36. The van der Waals surface area contributed by atoms with Crippen LogP contribution in [0.3, 0.4) is 0 Å². The summed E-state index contributed by atoms with van der Waals surface area (Å²) in [5.41, 5.74) is 0.225. The van der Waals surface area contributed by atoms with Crippen LogP contribution in [0.25, 0.3) is 0 Å². The summed E-state index contributed by atoms with van der Waals surface area (Å²) in [5.74, 6) is -1.46. The second-order valence-corrected chi connectivity index (χ2v) is 10.2. The van der Waals surface area contributed by atoms with E-state index in [9.17, 15) is 14.4 Å². The molecule has 0 aromatic carbocycles. The molecule has 182 valence electrons. The van der Waals surface area contributed by atoms with Crippen molar-refractivity contribution in [2.75, 3.05) is 6.61 Å². The van der Waals surface area contributed by atoms with Gasteiger partial charge in [-0.2, -0.15) is 5.26 Å². The minimum absolute atomic E-state index is 0.108. The average Bonchev–Trinajstić information content (AvgIpc) is 2.76. The Kier molecular flexibility index (Phi) is 9.27. The number of rotatable bonds is 8. The van der Waals surface area contributed by atoms with E-state index in [0.717, 1.165) is 5.57 Å². The normalized spacial score (nSPS) is 26.6. The number of esters is 2. The van der Waals surface area contributed by atoms with Gasteiger partial charge < -0.3 is 14.2 Å². The SMILES string of the molecule is CCC(C)(C)C(=O)O[C@H]1C[C@H](C(=O)OC(=O)OCC(C)C)C=C2C=C[C@H](C)[C@H](CCC#N)[C@H]21. The molecular formula is C26H37NO6. The summed E-state index contributed by atoms with van der Waals surface area (Å²) in [5, 5.41) is 9.13. The lowest BCUT2D eigenvalue weighted by atomic mass is 9.65. The molecule has 0 aromatic heterocycles. The fourth-order valence-electron chi connectivity index (χ4n) is 4.27. The maximum absolute atomic E-state index is 12.9. The van der Waals surface area contributed by atoms with Crippen molar-refractivity contribution in [3.8, 4) is 6.07 Å². The highest BCUT2D eigenvalue weighted by Crippen LogP contribution is 2.45. The van der Waals surface area contributed by atoms with E-state index in [0.29, 0.717) is 19.3 Å². The van der Waals surface area contributed by atoms with Crippen LogP contribution in [0.5, 0.6) is 0 Å². The highest BCUT2D eigenvalue weighted by molar-refractivity contribution is 5.85. The largest absolute Gasteiger partial charge is 0.516 e. The van der Waals surface area contributed by atoms with Crippen LogP contribution in [0, 0.1) is 46.3 Å². The standard InChI is InChI=1S/C26H37NO6/c1-7-26(5,6)24(29)32-21-14-19(23(28)33-25(30)31-15-16(2)3)13-18-11-10-17(4)20(22(18)21)9-8-12-27/h10-11,13,16-17,19-22H,7-9,14-15H2,1-6H3/t17-,19+,20-,21-,22-/m0/s1. The van der Waals surface area contributed by atoms with Gasteiger partial charge in [-0.3, -0.25) is 9.59 Å². The van der Waals surface area contributed by atoms with Crippen molar-refractivity contribution >= 4 is 18.1 Å². The van der Waals surface area contributed by atoms with Crippen LogP contribution in [0.2, 0.25) is 0 Å². The lowest BCUT2D eigenvalue weighted by Gasteiger charge is -2.43. The van der Waals surface area contributed by atoms with Crippen molar-refractivity contribution in [2.24, 2.45) is 35.0 Å². The van der Waals surface area contributed by atoms with Crippen molar-refractivity contribution in [1.29, 1.82) is 5.26 Å². The maximum atomic E-state index is 12.9. The Morgan fingerprint density at radius 1 is 1.27 bits per heavy atom. The van der Waals surface area contributed by atoms with Gasteiger partial charge in [0, 0.05) is 18.8 Å². The summed E-state index contributed by atoms with van der Waals surface area (Å²) in [6.45, 7) is 11.6. The monoisotopic (exact) mass is 459 g/mol.